The molecule has 0 amide bonds. The van der Waals surface area contributed by atoms with Crippen LogP contribution in [0.5, 0.6) is 0 Å². The lowest BCUT2D eigenvalue weighted by Crippen LogP contribution is -2.27. The second-order valence-electron chi connectivity index (χ2n) is 15.8. The quantitative estimate of drug-likeness (QED) is 0.0416. The van der Waals surface area contributed by atoms with Crippen LogP contribution in [0.25, 0.3) is 43.6 Å². The minimum absolute atomic E-state index is 0.0129. The number of nitro benzene ring substituents is 1. The molecule has 8 rings (SSSR count). The topological polar surface area (TPSA) is 147 Å². The molecule has 0 radical (unpaired) electrons. The van der Waals surface area contributed by atoms with Crippen LogP contribution in [-0.4, -0.2) is 43.2 Å². The zero-order chi connectivity index (χ0) is 42.2. The molecule has 0 saturated heterocycles. The highest BCUT2D eigenvalue weighted by Crippen LogP contribution is 2.40. The largest absolute Gasteiger partial charge is 0.340 e. The fourth-order valence-electron chi connectivity index (χ4n) is 8.88. The van der Waals surface area contributed by atoms with Crippen molar-refractivity contribution in [3.05, 3.63) is 135 Å². The number of oxime groups is 2. The van der Waals surface area contributed by atoms with Gasteiger partial charge in [0, 0.05) is 93.8 Å². The monoisotopic (exact) mass is 803 g/mol. The van der Waals surface area contributed by atoms with Crippen molar-refractivity contribution in [1.82, 2.24) is 9.13 Å². The minimum atomic E-state index is -0.519. The molecule has 1 aliphatic rings. The molecule has 1 aliphatic carbocycles. The normalized spacial score (nSPS) is 16.1. The highest BCUT2D eigenvalue weighted by atomic mass is 16.7. The van der Waals surface area contributed by atoms with Crippen molar-refractivity contribution >= 4 is 78.4 Å². The molecule has 1 saturated carbocycles. The first-order valence-electron chi connectivity index (χ1n) is 20.2. The van der Waals surface area contributed by atoms with E-state index in [0.29, 0.717) is 35.0 Å². The molecule has 0 aliphatic heterocycles. The molecule has 60 heavy (non-hydrogen) atoms. The highest BCUT2D eigenvalue weighted by molar-refractivity contribution is 6.16. The molecule has 1 fully saturated rings. The maximum atomic E-state index is 13.9. The molecule has 12 heteroatoms. The molecule has 12 nitrogen and oxygen atoms in total. The van der Waals surface area contributed by atoms with Crippen LogP contribution in [0.4, 0.5) is 5.69 Å². The second kappa shape index (κ2) is 16.4. The van der Waals surface area contributed by atoms with Crippen LogP contribution < -0.4 is 0 Å². The Morgan fingerprint density at radius 2 is 1.07 bits per heavy atom. The van der Waals surface area contributed by atoms with E-state index in [1.54, 1.807) is 26.0 Å². The zero-order valence-electron chi connectivity index (χ0n) is 34.2. The van der Waals surface area contributed by atoms with Crippen LogP contribution in [0.1, 0.15) is 86.0 Å². The van der Waals surface area contributed by atoms with Gasteiger partial charge in [0.1, 0.15) is 0 Å². The lowest BCUT2D eigenvalue weighted by molar-refractivity contribution is -0.384. The number of aromatic nitrogens is 2. The number of aryl methyl sites for hydroxylation is 1. The van der Waals surface area contributed by atoms with Gasteiger partial charge in [-0.15, -0.1) is 0 Å². The molecular weight excluding hydrogens is 759 g/mol. The standard InChI is InChI=1S/C48H45N5O7/c1-28-10-6-9-13-39(28)48(56)35-16-20-46-42(24-35)40-22-33(29(2)49-59-31(4)54)14-18-44(40)51(46)26-36-11-7-8-12-37(36)27-52-45-19-15-34(30(3)50-60-32(5)55)23-41(45)43-25-38(53(57)58)17-21-47(43)52/h6,9-10,13-25,36-37H,7-8,11-12,26-27H2,1-5H3/b49-29-,50-30+/t36-,37?/m0/s1. The van der Waals surface area contributed by atoms with Crippen LogP contribution in [-0.2, 0) is 32.4 Å². The number of carbonyl (C=O) groups excluding carboxylic acids is 3. The third kappa shape index (κ3) is 7.68. The average Bonchev–Trinajstić information content (AvgIpc) is 3.72. The number of nitrogens with zero attached hydrogens (tertiary/aromatic N) is 5. The molecule has 2 heterocycles. The van der Waals surface area contributed by atoms with E-state index in [1.165, 1.54) is 13.8 Å². The number of hydrogen-bond acceptors (Lipinski definition) is 9. The van der Waals surface area contributed by atoms with Crippen molar-refractivity contribution in [3.8, 4) is 0 Å². The second-order valence-corrected chi connectivity index (χ2v) is 15.8. The van der Waals surface area contributed by atoms with Crippen LogP contribution in [0.15, 0.2) is 107 Å². The van der Waals surface area contributed by atoms with E-state index in [1.807, 2.05) is 73.7 Å². The molecule has 0 N–H and O–H groups in total. The predicted molar refractivity (Wildman–Crippen MR) is 234 cm³/mol. The molecular formula is C48H45N5O7. The summed E-state index contributed by atoms with van der Waals surface area (Å²) in [6.45, 7) is 9.57. The summed E-state index contributed by atoms with van der Waals surface area (Å²) < 4.78 is 4.68. The van der Waals surface area contributed by atoms with Crippen LogP contribution >= 0.6 is 0 Å². The number of hydrogen-bond donors (Lipinski definition) is 0. The Morgan fingerprint density at radius 1 is 0.633 bits per heavy atom. The van der Waals surface area contributed by atoms with E-state index < -0.39 is 11.9 Å². The Bertz CT molecular complexity index is 2950. The fourth-order valence-corrected chi connectivity index (χ4v) is 8.88. The van der Waals surface area contributed by atoms with Gasteiger partial charge >= 0.3 is 11.9 Å². The molecule has 7 aromatic rings. The van der Waals surface area contributed by atoms with Crippen molar-refractivity contribution < 1.29 is 29.0 Å². The minimum Gasteiger partial charge on any atom is -0.340 e. The van der Waals surface area contributed by atoms with Crippen molar-refractivity contribution in [1.29, 1.82) is 0 Å². The predicted octanol–water partition coefficient (Wildman–Crippen LogP) is 10.4. The summed E-state index contributed by atoms with van der Waals surface area (Å²) in [5.41, 5.74) is 8.73. The van der Waals surface area contributed by atoms with Gasteiger partial charge in [-0.05, 0) is 111 Å². The van der Waals surface area contributed by atoms with Crippen LogP contribution in [0, 0.1) is 28.9 Å². The van der Waals surface area contributed by atoms with Gasteiger partial charge in [0.15, 0.2) is 5.78 Å². The first-order chi connectivity index (χ1) is 28.9. The smallest absolute Gasteiger partial charge is 0.331 e. The van der Waals surface area contributed by atoms with E-state index >= 15 is 0 Å². The van der Waals surface area contributed by atoms with E-state index in [2.05, 4.69) is 37.6 Å². The van der Waals surface area contributed by atoms with E-state index in [4.69, 9.17) is 9.68 Å². The lowest BCUT2D eigenvalue weighted by Gasteiger charge is -2.33. The van der Waals surface area contributed by atoms with Gasteiger partial charge in [-0.25, -0.2) is 9.59 Å². The van der Waals surface area contributed by atoms with E-state index in [0.717, 1.165) is 92.5 Å². The third-order valence-corrected chi connectivity index (χ3v) is 11.9. The van der Waals surface area contributed by atoms with Gasteiger partial charge in [-0.3, -0.25) is 14.9 Å². The average molecular weight is 804 g/mol. The Kier molecular flexibility index (Phi) is 10.9. The first kappa shape index (κ1) is 39.9. The summed E-state index contributed by atoms with van der Waals surface area (Å²) in [4.78, 5) is 58.4. The first-order valence-corrected chi connectivity index (χ1v) is 20.2. The van der Waals surface area contributed by atoms with Crippen molar-refractivity contribution in [3.63, 3.8) is 0 Å². The maximum absolute atomic E-state index is 13.9. The summed E-state index contributed by atoms with van der Waals surface area (Å²) in [5, 5.41) is 23.5. The number of benzene rings is 5. The Morgan fingerprint density at radius 3 is 1.53 bits per heavy atom. The number of non-ortho nitro benzene ring substituents is 1. The van der Waals surface area contributed by atoms with Gasteiger partial charge in [-0.2, -0.15) is 0 Å². The summed E-state index contributed by atoms with van der Waals surface area (Å²) in [5.74, 6) is -0.482. The van der Waals surface area contributed by atoms with Crippen molar-refractivity contribution in [2.45, 2.75) is 73.4 Å². The zero-order valence-corrected chi connectivity index (χ0v) is 34.2. The molecule has 304 valence electrons. The van der Waals surface area contributed by atoms with Gasteiger partial charge in [-0.1, -0.05) is 59.6 Å². The van der Waals surface area contributed by atoms with Crippen LogP contribution in [0.3, 0.4) is 0 Å². The van der Waals surface area contributed by atoms with Gasteiger partial charge in [0.25, 0.3) is 5.69 Å². The van der Waals surface area contributed by atoms with Crippen molar-refractivity contribution in [2.75, 3.05) is 0 Å². The summed E-state index contributed by atoms with van der Waals surface area (Å²) >= 11 is 0. The van der Waals surface area contributed by atoms with Gasteiger partial charge < -0.3 is 18.8 Å². The van der Waals surface area contributed by atoms with Gasteiger partial charge in [0.05, 0.1) is 16.3 Å². The number of nitro groups is 1. The molecule has 0 bridgehead atoms. The van der Waals surface area contributed by atoms with Crippen LogP contribution in [0.2, 0.25) is 0 Å². The van der Waals surface area contributed by atoms with E-state index in [9.17, 15) is 24.5 Å². The number of ketones is 1. The summed E-state index contributed by atoms with van der Waals surface area (Å²) in [6.07, 6.45) is 4.25. The Labute approximate surface area is 346 Å². The Balaban J connectivity index is 1.21. The lowest BCUT2D eigenvalue weighted by atomic mass is 9.79. The third-order valence-electron chi connectivity index (χ3n) is 11.9. The molecule has 5 aromatic carbocycles. The number of fused-ring (bicyclic) bond motifs is 6. The maximum Gasteiger partial charge on any atom is 0.331 e. The van der Waals surface area contributed by atoms with Gasteiger partial charge in [0.2, 0.25) is 0 Å². The van der Waals surface area contributed by atoms with E-state index in [-0.39, 0.29) is 22.3 Å². The number of rotatable bonds is 11. The molecule has 2 aromatic heterocycles. The number of carbonyl (C=O) groups is 3. The summed E-state index contributed by atoms with van der Waals surface area (Å²) in [6, 6.07) is 30.7. The fraction of sp³-hybridized carbons (Fsp3) is 0.271. The molecule has 0 spiro atoms. The summed E-state index contributed by atoms with van der Waals surface area (Å²) in [7, 11) is 0. The Hall–Kier alpha value is -6.95. The molecule has 1 unspecified atom stereocenters. The van der Waals surface area contributed by atoms with Crippen molar-refractivity contribution in [2.24, 2.45) is 22.1 Å². The molecule has 2 atom stereocenters. The highest BCUT2D eigenvalue weighted by Gasteiger charge is 2.29. The SMILES string of the molecule is CC(=O)O/N=C(/C)c1ccc2c(c1)c1cc(C(=O)c3ccccc3C)ccc1n2C[C@@H]1CCCCC1Cn1c2ccc(/C(C)=N/OC(C)=O)cc2c2cc([N+](=O)[O-])ccc21.